The van der Waals surface area contributed by atoms with Crippen LogP contribution in [0.15, 0.2) is 51.6 Å². The Labute approximate surface area is 183 Å². The lowest BCUT2D eigenvalue weighted by molar-refractivity contribution is 0.323. The Morgan fingerprint density at radius 1 is 1.22 bits per heavy atom. The Balaban J connectivity index is 1.84. The fraction of sp³-hybridized carbons (Fsp3) is 0.273. The fourth-order valence-corrected chi connectivity index (χ4v) is 3.26. The summed E-state index contributed by atoms with van der Waals surface area (Å²) in [5.41, 5.74) is 1.61. The molecule has 0 amide bonds. The van der Waals surface area contributed by atoms with Crippen LogP contribution >= 0.6 is 0 Å². The lowest BCUT2D eigenvalue weighted by Gasteiger charge is -2.15. The van der Waals surface area contributed by atoms with Crippen molar-refractivity contribution in [3.8, 4) is 23.2 Å². The molecule has 162 valence electrons. The normalized spacial score (nSPS) is 11.8. The van der Waals surface area contributed by atoms with Gasteiger partial charge in [0.2, 0.25) is 23.2 Å². The molecule has 0 fully saturated rings. The molecule has 3 heterocycles. The van der Waals surface area contributed by atoms with Crippen molar-refractivity contribution in [2.45, 2.75) is 33.1 Å². The Bertz CT molecular complexity index is 1400. The number of hydrogen-bond donors (Lipinski definition) is 2. The summed E-state index contributed by atoms with van der Waals surface area (Å²) in [4.78, 5) is 20.0. The molecule has 0 saturated heterocycles. The molecular formula is C22H22N8O2. The van der Waals surface area contributed by atoms with Gasteiger partial charge in [0.05, 0.1) is 18.0 Å². The summed E-state index contributed by atoms with van der Waals surface area (Å²) in [6.07, 6.45) is 1.76. The minimum Gasteiger partial charge on any atom is -0.477 e. The third kappa shape index (κ3) is 3.76. The number of rotatable bonds is 5. The van der Waals surface area contributed by atoms with Crippen LogP contribution in [0.1, 0.15) is 39.0 Å². The monoisotopic (exact) mass is 430 g/mol. The highest BCUT2D eigenvalue weighted by molar-refractivity contribution is 5.63. The first-order chi connectivity index (χ1) is 15.3. The van der Waals surface area contributed by atoms with Gasteiger partial charge in [-0.25, -0.2) is 4.98 Å². The maximum atomic E-state index is 12.8. The first kappa shape index (κ1) is 21.0. The zero-order chi connectivity index (χ0) is 22.9. The van der Waals surface area contributed by atoms with Crippen LogP contribution in [0.3, 0.4) is 0 Å². The van der Waals surface area contributed by atoms with Gasteiger partial charge in [-0.05, 0) is 6.92 Å². The van der Waals surface area contributed by atoms with E-state index in [2.05, 4.69) is 36.5 Å². The Kier molecular flexibility index (Phi) is 5.32. The zero-order valence-corrected chi connectivity index (χ0v) is 18.2. The average Bonchev–Trinajstić information content (AvgIpc) is 3.37. The Morgan fingerprint density at radius 3 is 2.62 bits per heavy atom. The lowest BCUT2D eigenvalue weighted by Crippen LogP contribution is -2.13. The molecule has 10 nitrogen and oxygen atoms in total. The van der Waals surface area contributed by atoms with E-state index in [9.17, 15) is 10.1 Å². The van der Waals surface area contributed by atoms with Crippen LogP contribution in [-0.2, 0) is 5.41 Å². The van der Waals surface area contributed by atoms with E-state index in [-0.39, 0.29) is 28.4 Å². The number of aromatic amines is 2. The third-order valence-electron chi connectivity index (χ3n) is 4.77. The molecule has 3 aromatic heterocycles. The molecule has 0 bridgehead atoms. The number of nitrogens with one attached hydrogen (secondary N) is 2. The van der Waals surface area contributed by atoms with E-state index in [1.807, 2.05) is 51.1 Å². The maximum absolute atomic E-state index is 12.8. The zero-order valence-electron chi connectivity index (χ0n) is 18.2. The number of benzene rings is 1. The van der Waals surface area contributed by atoms with Crippen molar-refractivity contribution in [2.24, 2.45) is 10.2 Å². The number of imidazole rings is 1. The maximum Gasteiger partial charge on any atom is 0.284 e. The SMILES string of the molecule is CCOc1c(N=Nc2n[nH]c(C(C)(C)C)c2C#N)c(=O)[nH]c2nc(-c3ccccc3)cn12. The first-order valence-corrected chi connectivity index (χ1v) is 10.1. The summed E-state index contributed by atoms with van der Waals surface area (Å²) in [6.45, 7) is 7.98. The Morgan fingerprint density at radius 2 is 1.97 bits per heavy atom. The van der Waals surface area contributed by atoms with Gasteiger partial charge < -0.3 is 4.74 Å². The van der Waals surface area contributed by atoms with E-state index in [0.717, 1.165) is 5.56 Å². The van der Waals surface area contributed by atoms with Gasteiger partial charge in [-0.1, -0.05) is 51.1 Å². The summed E-state index contributed by atoms with van der Waals surface area (Å²) in [6, 6.07) is 11.7. The highest BCUT2D eigenvalue weighted by Gasteiger charge is 2.24. The molecule has 0 aliphatic carbocycles. The van der Waals surface area contributed by atoms with Crippen LogP contribution < -0.4 is 10.3 Å². The molecular weight excluding hydrogens is 408 g/mol. The third-order valence-corrected chi connectivity index (χ3v) is 4.77. The summed E-state index contributed by atoms with van der Waals surface area (Å²) in [5.74, 6) is 0.633. The van der Waals surface area contributed by atoms with Crippen molar-refractivity contribution in [2.75, 3.05) is 6.61 Å². The summed E-state index contributed by atoms with van der Waals surface area (Å²) < 4.78 is 7.36. The number of nitriles is 1. The first-order valence-electron chi connectivity index (χ1n) is 10.1. The standard InChI is InChI=1S/C22H22N8O2/c1-5-32-20-16(26-28-18-14(11-23)17(27-29-18)22(2,3)4)19(31)25-21-24-15(12-30(20)21)13-9-7-6-8-10-13/h6-10,12H,5H2,1-4H3,(H,27,29)(H,24,25,31). The van der Waals surface area contributed by atoms with Gasteiger partial charge in [0, 0.05) is 17.2 Å². The number of aromatic nitrogens is 5. The van der Waals surface area contributed by atoms with Crippen LogP contribution in [0, 0.1) is 11.3 Å². The van der Waals surface area contributed by atoms with Gasteiger partial charge in [0.1, 0.15) is 11.6 Å². The largest absolute Gasteiger partial charge is 0.477 e. The topological polar surface area (TPSA) is 137 Å². The number of nitrogens with zero attached hydrogens (tertiary/aromatic N) is 6. The van der Waals surface area contributed by atoms with Crippen molar-refractivity contribution in [1.82, 2.24) is 24.6 Å². The average molecular weight is 430 g/mol. The number of ether oxygens (including phenoxy) is 1. The molecule has 0 atom stereocenters. The van der Waals surface area contributed by atoms with Crippen molar-refractivity contribution in [1.29, 1.82) is 5.26 Å². The van der Waals surface area contributed by atoms with E-state index in [1.54, 1.807) is 17.5 Å². The van der Waals surface area contributed by atoms with Crippen LogP contribution in [0.4, 0.5) is 11.5 Å². The number of azo groups is 1. The van der Waals surface area contributed by atoms with Gasteiger partial charge in [-0.3, -0.25) is 19.3 Å². The minimum absolute atomic E-state index is 0.0411. The number of H-pyrrole nitrogens is 2. The smallest absolute Gasteiger partial charge is 0.284 e. The van der Waals surface area contributed by atoms with Gasteiger partial charge in [0.15, 0.2) is 0 Å². The predicted molar refractivity (Wildman–Crippen MR) is 119 cm³/mol. The molecule has 0 aliphatic heterocycles. The molecule has 0 unspecified atom stereocenters. The van der Waals surface area contributed by atoms with Crippen molar-refractivity contribution in [3.05, 3.63) is 58.1 Å². The van der Waals surface area contributed by atoms with Crippen LogP contribution in [0.2, 0.25) is 0 Å². The van der Waals surface area contributed by atoms with E-state index >= 15 is 0 Å². The minimum atomic E-state index is -0.514. The molecule has 10 heteroatoms. The van der Waals surface area contributed by atoms with Gasteiger partial charge >= 0.3 is 0 Å². The number of fused-ring (bicyclic) bond motifs is 1. The van der Waals surface area contributed by atoms with E-state index in [4.69, 9.17) is 4.74 Å². The molecule has 0 aliphatic rings. The predicted octanol–water partition coefficient (Wildman–Crippen LogP) is 4.40. The molecule has 4 rings (SSSR count). The molecule has 32 heavy (non-hydrogen) atoms. The van der Waals surface area contributed by atoms with E-state index in [0.29, 0.717) is 23.8 Å². The van der Waals surface area contributed by atoms with Crippen molar-refractivity contribution >= 4 is 17.3 Å². The second-order valence-corrected chi connectivity index (χ2v) is 8.09. The summed E-state index contributed by atoms with van der Waals surface area (Å²) in [7, 11) is 0. The van der Waals surface area contributed by atoms with Crippen LogP contribution in [0.5, 0.6) is 5.88 Å². The second-order valence-electron chi connectivity index (χ2n) is 8.09. The van der Waals surface area contributed by atoms with Gasteiger partial charge in [-0.15, -0.1) is 10.2 Å². The molecule has 0 radical (unpaired) electrons. The molecule has 2 N–H and O–H groups in total. The molecule has 0 spiro atoms. The highest BCUT2D eigenvalue weighted by Crippen LogP contribution is 2.32. The van der Waals surface area contributed by atoms with E-state index in [1.165, 1.54) is 0 Å². The quantitative estimate of drug-likeness (QED) is 0.452. The highest BCUT2D eigenvalue weighted by atomic mass is 16.5. The Hall–Kier alpha value is -4.26. The van der Waals surface area contributed by atoms with Gasteiger partial charge in [-0.2, -0.15) is 10.4 Å². The lowest BCUT2D eigenvalue weighted by atomic mass is 9.90. The molecule has 1 aromatic carbocycles. The summed E-state index contributed by atoms with van der Waals surface area (Å²) >= 11 is 0. The summed E-state index contributed by atoms with van der Waals surface area (Å²) in [5, 5.41) is 24.7. The molecule has 4 aromatic rings. The van der Waals surface area contributed by atoms with Crippen molar-refractivity contribution in [3.63, 3.8) is 0 Å². The van der Waals surface area contributed by atoms with Gasteiger partial charge in [0.25, 0.3) is 5.56 Å². The number of hydrogen-bond acceptors (Lipinski definition) is 7. The van der Waals surface area contributed by atoms with Crippen LogP contribution in [-0.4, -0.2) is 31.2 Å². The fourth-order valence-electron chi connectivity index (χ4n) is 3.26. The molecule has 0 saturated carbocycles. The van der Waals surface area contributed by atoms with Crippen LogP contribution in [0.25, 0.3) is 17.0 Å². The van der Waals surface area contributed by atoms with Crippen molar-refractivity contribution < 1.29 is 4.74 Å². The second kappa shape index (κ2) is 8.11. The van der Waals surface area contributed by atoms with E-state index < -0.39 is 5.56 Å².